The zero-order valence-corrected chi connectivity index (χ0v) is 17.0. The Kier molecular flexibility index (Phi) is 6.85. The van der Waals surface area contributed by atoms with Gasteiger partial charge in [0, 0.05) is 30.4 Å². The number of amides is 2. The Hall–Kier alpha value is -3.61. The maximum absolute atomic E-state index is 12.8. The van der Waals surface area contributed by atoms with E-state index in [9.17, 15) is 14.4 Å². The van der Waals surface area contributed by atoms with E-state index >= 15 is 0 Å². The van der Waals surface area contributed by atoms with E-state index in [1.54, 1.807) is 0 Å². The van der Waals surface area contributed by atoms with Gasteiger partial charge in [0.15, 0.2) is 0 Å². The van der Waals surface area contributed by atoms with Gasteiger partial charge in [-0.3, -0.25) is 9.59 Å². The van der Waals surface area contributed by atoms with Crippen LogP contribution < -0.4 is 10.6 Å². The van der Waals surface area contributed by atoms with Crippen molar-refractivity contribution in [2.45, 2.75) is 31.8 Å². The van der Waals surface area contributed by atoms with Crippen molar-refractivity contribution in [1.29, 1.82) is 0 Å². The van der Waals surface area contributed by atoms with Gasteiger partial charge in [-0.25, -0.2) is 4.79 Å². The third-order valence-corrected chi connectivity index (χ3v) is 4.89. The Labute approximate surface area is 174 Å². The molecule has 2 atom stereocenters. The highest BCUT2D eigenvalue weighted by Crippen LogP contribution is 2.20. The molecule has 1 heterocycles. The van der Waals surface area contributed by atoms with Crippen molar-refractivity contribution in [2.24, 2.45) is 0 Å². The maximum atomic E-state index is 12.8. The van der Waals surface area contributed by atoms with Gasteiger partial charge >= 0.3 is 5.97 Å². The number of esters is 1. The number of H-pyrrole nitrogens is 1. The molecule has 0 bridgehead atoms. The standard InChI is InChI=1S/C23H25N3O4/c1-15(27)25-20(16-8-4-3-5-9-16)13-22(28)26-21(23(29)30-2)12-17-14-24-19-11-7-6-10-18(17)19/h3-11,14,20-21,24H,12-13H2,1-2H3,(H,25,27)(H,26,28)/t20-,21-/m1/s1. The molecule has 1 aromatic heterocycles. The zero-order chi connectivity index (χ0) is 21.5. The molecular weight excluding hydrogens is 382 g/mol. The number of fused-ring (bicyclic) bond motifs is 1. The van der Waals surface area contributed by atoms with Crippen LogP contribution in [0.2, 0.25) is 0 Å². The zero-order valence-electron chi connectivity index (χ0n) is 17.0. The Bertz CT molecular complexity index is 1030. The molecule has 2 aromatic carbocycles. The van der Waals surface area contributed by atoms with Crippen LogP contribution in [-0.2, 0) is 25.5 Å². The van der Waals surface area contributed by atoms with Crippen LogP contribution in [0, 0.1) is 0 Å². The topological polar surface area (TPSA) is 100 Å². The minimum absolute atomic E-state index is 0.00493. The largest absolute Gasteiger partial charge is 0.467 e. The lowest BCUT2D eigenvalue weighted by Gasteiger charge is -2.21. The molecule has 0 fully saturated rings. The van der Waals surface area contributed by atoms with Gasteiger partial charge in [0.2, 0.25) is 11.8 Å². The average Bonchev–Trinajstić information content (AvgIpc) is 3.15. The number of rotatable bonds is 8. The highest BCUT2D eigenvalue weighted by molar-refractivity contribution is 5.87. The molecule has 3 rings (SSSR count). The van der Waals surface area contributed by atoms with Gasteiger partial charge in [-0.1, -0.05) is 48.5 Å². The Morgan fingerprint density at radius 2 is 1.70 bits per heavy atom. The summed E-state index contributed by atoms with van der Waals surface area (Å²) in [6.45, 7) is 1.40. The van der Waals surface area contributed by atoms with E-state index in [1.807, 2.05) is 60.8 Å². The molecule has 0 saturated carbocycles. The second-order valence-electron chi connectivity index (χ2n) is 7.07. The van der Waals surface area contributed by atoms with Crippen LogP contribution in [0.4, 0.5) is 0 Å². The van der Waals surface area contributed by atoms with Crippen LogP contribution in [0.3, 0.4) is 0 Å². The number of ether oxygens (including phenoxy) is 1. The summed E-state index contributed by atoms with van der Waals surface area (Å²) in [5.74, 6) is -1.11. The molecule has 0 spiro atoms. The first-order valence-corrected chi connectivity index (χ1v) is 9.72. The number of methoxy groups -OCH3 is 1. The second-order valence-corrected chi connectivity index (χ2v) is 7.07. The number of aromatic amines is 1. The highest BCUT2D eigenvalue weighted by atomic mass is 16.5. The van der Waals surface area contributed by atoms with Crippen LogP contribution >= 0.6 is 0 Å². The normalized spacial score (nSPS) is 12.7. The minimum atomic E-state index is -0.838. The van der Waals surface area contributed by atoms with E-state index in [2.05, 4.69) is 15.6 Å². The van der Waals surface area contributed by atoms with Crippen molar-refractivity contribution in [3.63, 3.8) is 0 Å². The smallest absolute Gasteiger partial charge is 0.328 e. The van der Waals surface area contributed by atoms with E-state index in [0.717, 1.165) is 22.0 Å². The summed E-state index contributed by atoms with van der Waals surface area (Å²) < 4.78 is 4.89. The summed E-state index contributed by atoms with van der Waals surface area (Å²) in [6.07, 6.45) is 2.13. The fraction of sp³-hybridized carbons (Fsp3) is 0.261. The summed E-state index contributed by atoms with van der Waals surface area (Å²) in [7, 11) is 1.29. The predicted octanol–water partition coefficient (Wildman–Crippen LogP) is 2.64. The van der Waals surface area contributed by atoms with E-state index < -0.39 is 18.1 Å². The minimum Gasteiger partial charge on any atom is -0.467 e. The number of carbonyl (C=O) groups excluding carboxylic acids is 3. The number of para-hydroxylation sites is 1. The van der Waals surface area contributed by atoms with Crippen molar-refractivity contribution in [2.75, 3.05) is 7.11 Å². The number of aromatic nitrogens is 1. The van der Waals surface area contributed by atoms with E-state index in [-0.39, 0.29) is 18.2 Å². The third-order valence-electron chi connectivity index (χ3n) is 4.89. The number of hydrogen-bond acceptors (Lipinski definition) is 4. The Morgan fingerprint density at radius 3 is 2.40 bits per heavy atom. The molecular formula is C23H25N3O4. The summed E-state index contributed by atoms with van der Waals surface area (Å²) in [5.41, 5.74) is 2.68. The van der Waals surface area contributed by atoms with E-state index in [4.69, 9.17) is 4.74 Å². The van der Waals surface area contributed by atoms with Crippen LogP contribution in [-0.4, -0.2) is 35.9 Å². The molecule has 0 aliphatic heterocycles. The van der Waals surface area contributed by atoms with Gasteiger partial charge < -0.3 is 20.4 Å². The average molecular weight is 407 g/mol. The SMILES string of the molecule is COC(=O)[C@@H](Cc1c[nH]c2ccccc12)NC(=O)C[C@@H](NC(C)=O)c1ccccc1. The molecule has 0 aliphatic rings. The molecule has 0 unspecified atom stereocenters. The molecule has 0 saturated heterocycles. The lowest BCUT2D eigenvalue weighted by Crippen LogP contribution is -2.44. The van der Waals surface area contributed by atoms with Gasteiger partial charge in [-0.15, -0.1) is 0 Å². The van der Waals surface area contributed by atoms with Crippen molar-refractivity contribution in [3.8, 4) is 0 Å². The van der Waals surface area contributed by atoms with Crippen LogP contribution in [0.1, 0.15) is 30.5 Å². The van der Waals surface area contributed by atoms with Gasteiger partial charge in [0.05, 0.1) is 19.6 Å². The number of benzene rings is 2. The first-order valence-electron chi connectivity index (χ1n) is 9.72. The fourth-order valence-electron chi connectivity index (χ4n) is 3.48. The van der Waals surface area contributed by atoms with Gasteiger partial charge in [-0.2, -0.15) is 0 Å². The molecule has 30 heavy (non-hydrogen) atoms. The summed E-state index contributed by atoms with van der Waals surface area (Å²) >= 11 is 0. The van der Waals surface area contributed by atoms with Gasteiger partial charge in [-0.05, 0) is 17.2 Å². The fourth-order valence-corrected chi connectivity index (χ4v) is 3.48. The molecule has 156 valence electrons. The Balaban J connectivity index is 1.74. The molecule has 0 radical (unpaired) electrons. The highest BCUT2D eigenvalue weighted by Gasteiger charge is 2.25. The van der Waals surface area contributed by atoms with Crippen LogP contribution in [0.25, 0.3) is 10.9 Å². The molecule has 7 nitrogen and oxygen atoms in total. The third kappa shape index (κ3) is 5.26. The lowest BCUT2D eigenvalue weighted by molar-refractivity contribution is -0.145. The van der Waals surface area contributed by atoms with E-state index in [0.29, 0.717) is 6.42 Å². The van der Waals surface area contributed by atoms with Crippen molar-refractivity contribution < 1.29 is 19.1 Å². The second kappa shape index (κ2) is 9.73. The Morgan fingerprint density at radius 1 is 1.00 bits per heavy atom. The van der Waals surface area contributed by atoms with Crippen LogP contribution in [0.5, 0.6) is 0 Å². The summed E-state index contributed by atoms with van der Waals surface area (Å²) in [4.78, 5) is 39.8. The van der Waals surface area contributed by atoms with Crippen molar-refractivity contribution in [3.05, 3.63) is 71.9 Å². The monoisotopic (exact) mass is 407 g/mol. The summed E-state index contributed by atoms with van der Waals surface area (Å²) in [5, 5.41) is 6.54. The number of carbonyl (C=O) groups is 3. The molecule has 0 aliphatic carbocycles. The molecule has 3 N–H and O–H groups in total. The molecule has 7 heteroatoms. The lowest BCUT2D eigenvalue weighted by atomic mass is 10.0. The van der Waals surface area contributed by atoms with E-state index in [1.165, 1.54) is 14.0 Å². The first-order chi connectivity index (χ1) is 14.5. The van der Waals surface area contributed by atoms with Crippen molar-refractivity contribution >= 4 is 28.7 Å². The summed E-state index contributed by atoms with van der Waals surface area (Å²) in [6, 6.07) is 15.7. The number of hydrogen-bond donors (Lipinski definition) is 3. The molecule has 3 aromatic rings. The van der Waals surface area contributed by atoms with Crippen molar-refractivity contribution in [1.82, 2.24) is 15.6 Å². The molecule has 2 amide bonds. The predicted molar refractivity (Wildman–Crippen MR) is 114 cm³/mol. The van der Waals surface area contributed by atoms with Gasteiger partial charge in [0.25, 0.3) is 0 Å². The van der Waals surface area contributed by atoms with Crippen LogP contribution in [0.15, 0.2) is 60.8 Å². The maximum Gasteiger partial charge on any atom is 0.328 e. The first kappa shape index (κ1) is 21.1. The number of nitrogens with one attached hydrogen (secondary N) is 3. The quantitative estimate of drug-likeness (QED) is 0.500. The van der Waals surface area contributed by atoms with Gasteiger partial charge in [0.1, 0.15) is 6.04 Å².